The first-order valence-electron chi connectivity index (χ1n) is 12.3. The smallest absolute Gasteiger partial charge is 0.225 e. The van der Waals surface area contributed by atoms with Gasteiger partial charge in [-0.1, -0.05) is 31.4 Å². The fourth-order valence-corrected chi connectivity index (χ4v) is 5.41. The summed E-state index contributed by atoms with van der Waals surface area (Å²) in [5, 5.41) is 6.60. The normalized spacial score (nSPS) is 21.7. The summed E-state index contributed by atoms with van der Waals surface area (Å²) in [5.74, 6) is 1.06. The Balaban J connectivity index is 1.24. The van der Waals surface area contributed by atoms with Crippen molar-refractivity contribution in [2.75, 3.05) is 58.3 Å². The van der Waals surface area contributed by atoms with E-state index in [0.717, 1.165) is 63.1 Å². The van der Waals surface area contributed by atoms with Crippen LogP contribution in [0.25, 0.3) is 0 Å². The average Bonchev–Trinajstić information content (AvgIpc) is 3.22. The Morgan fingerprint density at radius 2 is 1.94 bits per heavy atom. The second-order valence-electron chi connectivity index (χ2n) is 9.59. The van der Waals surface area contributed by atoms with Crippen LogP contribution in [0.3, 0.4) is 0 Å². The van der Waals surface area contributed by atoms with E-state index in [-0.39, 0.29) is 5.91 Å². The molecule has 176 valence electrons. The molecule has 0 unspecified atom stereocenters. The van der Waals surface area contributed by atoms with Crippen LogP contribution in [0.15, 0.2) is 29.3 Å². The van der Waals surface area contributed by atoms with Gasteiger partial charge in [-0.25, -0.2) is 0 Å². The maximum atomic E-state index is 12.4. The van der Waals surface area contributed by atoms with Crippen molar-refractivity contribution in [1.82, 2.24) is 15.1 Å². The van der Waals surface area contributed by atoms with E-state index in [4.69, 9.17) is 4.74 Å². The number of ether oxygens (including phenoxy) is 1. The van der Waals surface area contributed by atoms with E-state index in [0.29, 0.717) is 18.4 Å². The van der Waals surface area contributed by atoms with Gasteiger partial charge in [-0.15, -0.1) is 0 Å². The number of carbonyl (C=O) groups is 1. The molecule has 7 heteroatoms. The Morgan fingerprint density at radius 1 is 1.12 bits per heavy atom. The van der Waals surface area contributed by atoms with E-state index >= 15 is 0 Å². The molecule has 1 aliphatic carbocycles. The lowest BCUT2D eigenvalue weighted by Gasteiger charge is -2.33. The highest BCUT2D eigenvalue weighted by molar-refractivity contribution is 5.90. The lowest BCUT2D eigenvalue weighted by atomic mass is 9.73. The number of aliphatic imine (C=N–C) groups is 1. The number of nitrogens with zero attached hydrogens (tertiary/aromatic N) is 3. The van der Waals surface area contributed by atoms with Crippen LogP contribution in [0, 0.1) is 5.41 Å². The molecule has 3 aliphatic rings. The minimum Gasteiger partial charge on any atom is -0.379 e. The average molecular weight is 442 g/mol. The van der Waals surface area contributed by atoms with Crippen molar-refractivity contribution in [2.45, 2.75) is 51.5 Å². The summed E-state index contributed by atoms with van der Waals surface area (Å²) < 4.78 is 5.37. The van der Waals surface area contributed by atoms with Crippen molar-refractivity contribution in [3.63, 3.8) is 0 Å². The zero-order valence-electron chi connectivity index (χ0n) is 19.6. The molecule has 32 heavy (non-hydrogen) atoms. The Kier molecular flexibility index (Phi) is 8.03. The van der Waals surface area contributed by atoms with Crippen molar-refractivity contribution >= 4 is 17.6 Å². The minimum atomic E-state index is 0.0623. The first kappa shape index (κ1) is 23.1. The molecular weight excluding hydrogens is 402 g/mol. The molecular formula is C25H39N5O2. The number of rotatable bonds is 6. The van der Waals surface area contributed by atoms with Crippen LogP contribution < -0.4 is 10.6 Å². The fraction of sp³-hybridized carbons (Fsp3) is 0.680. The number of anilines is 1. The minimum absolute atomic E-state index is 0.0623. The number of guanidine groups is 1. The van der Waals surface area contributed by atoms with E-state index in [1.54, 1.807) is 0 Å². The van der Waals surface area contributed by atoms with Crippen LogP contribution in [0.1, 0.15) is 50.5 Å². The highest BCUT2D eigenvalue weighted by atomic mass is 16.5. The molecule has 0 atom stereocenters. The zero-order chi connectivity index (χ0) is 22.2. The van der Waals surface area contributed by atoms with Crippen LogP contribution >= 0.6 is 0 Å². The number of hydrogen-bond donors (Lipinski definition) is 2. The molecule has 4 rings (SSSR count). The molecule has 2 N–H and O–H groups in total. The third-order valence-corrected chi connectivity index (χ3v) is 7.28. The molecule has 1 aromatic rings. The van der Waals surface area contributed by atoms with Crippen molar-refractivity contribution in [3.8, 4) is 0 Å². The first-order chi connectivity index (χ1) is 15.7. The molecule has 1 saturated carbocycles. The highest BCUT2D eigenvalue weighted by Crippen LogP contribution is 2.43. The van der Waals surface area contributed by atoms with Crippen LogP contribution in [-0.4, -0.2) is 74.7 Å². The van der Waals surface area contributed by atoms with E-state index in [9.17, 15) is 4.79 Å². The molecule has 2 heterocycles. The quantitative estimate of drug-likeness (QED) is 0.525. The Hall–Kier alpha value is -2.12. The monoisotopic (exact) mass is 441 g/mol. The number of nitrogens with one attached hydrogen (secondary N) is 2. The van der Waals surface area contributed by atoms with Crippen LogP contribution in [0.5, 0.6) is 0 Å². The van der Waals surface area contributed by atoms with Gasteiger partial charge in [0.1, 0.15) is 0 Å². The maximum Gasteiger partial charge on any atom is 0.225 e. The van der Waals surface area contributed by atoms with Gasteiger partial charge in [-0.3, -0.25) is 14.7 Å². The Morgan fingerprint density at radius 3 is 2.72 bits per heavy atom. The van der Waals surface area contributed by atoms with Gasteiger partial charge in [-0.05, 0) is 42.4 Å². The second-order valence-corrected chi connectivity index (χ2v) is 9.59. The molecule has 2 saturated heterocycles. The van der Waals surface area contributed by atoms with Gasteiger partial charge < -0.3 is 20.3 Å². The largest absolute Gasteiger partial charge is 0.379 e. The van der Waals surface area contributed by atoms with Crippen molar-refractivity contribution < 1.29 is 9.53 Å². The van der Waals surface area contributed by atoms with Crippen LogP contribution in [0.4, 0.5) is 5.69 Å². The number of likely N-dealkylation sites (tertiary alicyclic amines) is 1. The second kappa shape index (κ2) is 11.1. The van der Waals surface area contributed by atoms with Crippen molar-refractivity contribution in [2.24, 2.45) is 10.4 Å². The standard InChI is InChI=1S/C25H39N5O2/c1-26-24(30-13-11-25(20-30)9-3-2-4-10-25)27-19-21-6-5-7-22(18-21)28-23(31)8-12-29-14-16-32-17-15-29/h5-7,18H,2-4,8-17,19-20H2,1H3,(H,26,27)(H,28,31). The Bertz CT molecular complexity index is 784. The molecule has 0 aromatic heterocycles. The number of carbonyl (C=O) groups excluding carboxylic acids is 1. The SMILES string of the molecule is CN=C(NCc1cccc(NC(=O)CCN2CCOCC2)c1)N1CCC2(CCCCC2)C1. The van der Waals surface area contributed by atoms with E-state index in [2.05, 4.69) is 37.6 Å². The van der Waals surface area contributed by atoms with Crippen molar-refractivity contribution in [1.29, 1.82) is 0 Å². The zero-order valence-corrected chi connectivity index (χ0v) is 19.6. The Labute approximate surface area is 192 Å². The lowest BCUT2D eigenvalue weighted by Crippen LogP contribution is -2.41. The topological polar surface area (TPSA) is 69.2 Å². The predicted molar refractivity (Wildman–Crippen MR) is 129 cm³/mol. The molecule has 3 fully saturated rings. The number of benzene rings is 1. The molecule has 1 spiro atoms. The summed E-state index contributed by atoms with van der Waals surface area (Å²) in [5.41, 5.74) is 2.51. The molecule has 1 amide bonds. The third-order valence-electron chi connectivity index (χ3n) is 7.28. The fourth-order valence-electron chi connectivity index (χ4n) is 5.41. The molecule has 1 aromatic carbocycles. The first-order valence-corrected chi connectivity index (χ1v) is 12.3. The van der Waals surface area contributed by atoms with Gasteiger partial charge in [0.05, 0.1) is 13.2 Å². The lowest BCUT2D eigenvalue weighted by molar-refractivity contribution is -0.116. The maximum absolute atomic E-state index is 12.4. The summed E-state index contributed by atoms with van der Waals surface area (Å²) in [7, 11) is 1.87. The summed E-state index contributed by atoms with van der Waals surface area (Å²) in [6.07, 6.45) is 8.69. The predicted octanol–water partition coefficient (Wildman–Crippen LogP) is 3.08. The summed E-state index contributed by atoms with van der Waals surface area (Å²) in [6, 6.07) is 8.11. The number of hydrogen-bond acceptors (Lipinski definition) is 4. The van der Waals surface area contributed by atoms with Gasteiger partial charge in [0.2, 0.25) is 5.91 Å². The van der Waals surface area contributed by atoms with Crippen LogP contribution in [-0.2, 0) is 16.1 Å². The third kappa shape index (κ3) is 6.23. The van der Waals surface area contributed by atoms with E-state index in [1.165, 1.54) is 38.5 Å². The molecule has 0 radical (unpaired) electrons. The summed E-state index contributed by atoms with van der Waals surface area (Å²) in [4.78, 5) is 21.7. The van der Waals surface area contributed by atoms with Crippen molar-refractivity contribution in [3.05, 3.63) is 29.8 Å². The van der Waals surface area contributed by atoms with Gasteiger partial charge in [0.25, 0.3) is 0 Å². The van der Waals surface area contributed by atoms with E-state index < -0.39 is 0 Å². The molecule has 2 aliphatic heterocycles. The molecule has 0 bridgehead atoms. The highest BCUT2D eigenvalue weighted by Gasteiger charge is 2.39. The van der Waals surface area contributed by atoms with Gasteiger partial charge >= 0.3 is 0 Å². The van der Waals surface area contributed by atoms with Gasteiger partial charge in [0.15, 0.2) is 5.96 Å². The number of amides is 1. The van der Waals surface area contributed by atoms with Crippen LogP contribution in [0.2, 0.25) is 0 Å². The summed E-state index contributed by atoms with van der Waals surface area (Å²) in [6.45, 7) is 7.06. The molecule has 7 nitrogen and oxygen atoms in total. The number of morpholine rings is 1. The van der Waals surface area contributed by atoms with Gasteiger partial charge in [-0.2, -0.15) is 0 Å². The van der Waals surface area contributed by atoms with E-state index in [1.807, 2.05) is 19.2 Å². The summed E-state index contributed by atoms with van der Waals surface area (Å²) >= 11 is 0. The van der Waals surface area contributed by atoms with Gasteiger partial charge in [0, 0.05) is 58.4 Å².